The van der Waals surface area contributed by atoms with Gasteiger partial charge in [0.15, 0.2) is 0 Å². The van der Waals surface area contributed by atoms with Gasteiger partial charge in [-0.15, -0.1) is 0 Å². The molecule has 0 rings (SSSR count). The van der Waals surface area contributed by atoms with Crippen LogP contribution in [-0.2, 0) is 14.2 Å². The first-order valence-corrected chi connectivity index (χ1v) is 12.2. The Hall–Kier alpha value is 1.70. The number of rotatable bonds is 0. The molecular weight excluding hydrogens is 369 g/mol. The molecule has 0 atom stereocenters. The third kappa shape index (κ3) is 9.33. The molecular formula is CH3AuBr2. The predicted molar refractivity (Wildman–Crippen MR) is 23.7 cm³/mol. The Labute approximate surface area is 45.0 Å². The predicted octanol–water partition coefficient (Wildman–Crippen LogP) is 2.27. The van der Waals surface area contributed by atoms with E-state index in [1.807, 2.05) is 0 Å². The molecule has 0 spiro atoms. The molecule has 0 aliphatic rings. The summed E-state index contributed by atoms with van der Waals surface area (Å²) in [5, 5.41) is 2.15. The van der Waals surface area contributed by atoms with Crippen LogP contribution in [0.2, 0.25) is 5.14 Å². The molecule has 0 nitrogen and oxygen atoms in total. The van der Waals surface area contributed by atoms with Crippen molar-refractivity contribution in [3.05, 3.63) is 0 Å². The van der Waals surface area contributed by atoms with Gasteiger partial charge in [-0.2, -0.15) is 0 Å². The summed E-state index contributed by atoms with van der Waals surface area (Å²) < 4.78 is 0. The molecule has 0 aromatic heterocycles. The second-order valence-electron chi connectivity index (χ2n) is 0.271. The van der Waals surface area contributed by atoms with Gasteiger partial charge in [0, 0.05) is 0 Å². The molecule has 3 heteroatoms. The van der Waals surface area contributed by atoms with Crippen molar-refractivity contribution in [2.24, 2.45) is 0 Å². The topological polar surface area (TPSA) is 0 Å². The van der Waals surface area contributed by atoms with Gasteiger partial charge in [-0.25, -0.2) is 0 Å². The summed E-state index contributed by atoms with van der Waals surface area (Å²) in [6.45, 7) is 0. The van der Waals surface area contributed by atoms with E-state index >= 15 is 0 Å². The van der Waals surface area contributed by atoms with Crippen molar-refractivity contribution < 1.29 is 14.2 Å². The van der Waals surface area contributed by atoms with Gasteiger partial charge in [-0.1, -0.05) is 0 Å². The first-order valence-electron chi connectivity index (χ1n) is 0.529. The van der Waals surface area contributed by atoms with E-state index in [1.54, 1.807) is 0 Å². The summed E-state index contributed by atoms with van der Waals surface area (Å²) in [4.78, 5) is 0. The fourth-order valence-corrected chi connectivity index (χ4v) is 0. The van der Waals surface area contributed by atoms with Crippen LogP contribution in [0.25, 0.3) is 0 Å². The Morgan fingerprint density at radius 2 is 1.50 bits per heavy atom. The van der Waals surface area contributed by atoms with Crippen molar-refractivity contribution in [1.29, 1.82) is 0 Å². The van der Waals surface area contributed by atoms with Gasteiger partial charge in [-0.05, 0) is 0 Å². The minimum absolute atomic E-state index is 0.579. The molecule has 0 saturated heterocycles. The Balaban J connectivity index is 2.32. The van der Waals surface area contributed by atoms with E-state index < -0.39 is 14.2 Å². The maximum atomic E-state index is 3.34. The van der Waals surface area contributed by atoms with Gasteiger partial charge in [-0.3, -0.25) is 0 Å². The summed E-state index contributed by atoms with van der Waals surface area (Å²) in [6, 6.07) is 0. The third-order valence-electron chi connectivity index (χ3n) is 0. The first-order chi connectivity index (χ1) is 1.73. The van der Waals surface area contributed by atoms with Crippen molar-refractivity contribution in [3.63, 3.8) is 0 Å². The molecule has 32 valence electrons. The molecule has 0 aromatic rings. The van der Waals surface area contributed by atoms with Gasteiger partial charge in [0.25, 0.3) is 0 Å². The van der Waals surface area contributed by atoms with E-state index in [-0.39, 0.29) is 0 Å². The minimum atomic E-state index is -0.579. The Kier molecular flexibility index (Phi) is 4.15. The second-order valence-corrected chi connectivity index (χ2v) is 19.2. The molecule has 0 aliphatic heterocycles. The Bertz CT molecular complexity index is 10.8. The zero-order valence-corrected chi connectivity index (χ0v) is 7.40. The molecule has 4 heavy (non-hydrogen) atoms. The summed E-state index contributed by atoms with van der Waals surface area (Å²) in [6.07, 6.45) is 0. The maximum absolute atomic E-state index is 3.34. The van der Waals surface area contributed by atoms with Crippen LogP contribution in [0, 0.1) is 0 Å². The molecule has 0 heterocycles. The van der Waals surface area contributed by atoms with Crippen LogP contribution < -0.4 is 0 Å². The van der Waals surface area contributed by atoms with Gasteiger partial charge >= 0.3 is 45.4 Å². The summed E-state index contributed by atoms with van der Waals surface area (Å²) in [5.74, 6) is 0. The normalized spacial score (nSPS) is 11.2. The number of hydrogen-bond acceptors (Lipinski definition) is 0. The van der Waals surface area contributed by atoms with Crippen molar-refractivity contribution in [3.8, 4) is 0 Å². The van der Waals surface area contributed by atoms with Gasteiger partial charge in [0.05, 0.1) is 0 Å². The van der Waals surface area contributed by atoms with Crippen LogP contribution >= 0.6 is 26.0 Å². The zero-order chi connectivity index (χ0) is 3.58. The summed E-state index contributed by atoms with van der Waals surface area (Å²) in [7, 11) is 0. The van der Waals surface area contributed by atoms with Gasteiger partial charge in [0.2, 0.25) is 0 Å². The van der Waals surface area contributed by atoms with Crippen molar-refractivity contribution in [2.75, 3.05) is 0 Å². The van der Waals surface area contributed by atoms with E-state index in [9.17, 15) is 0 Å². The van der Waals surface area contributed by atoms with E-state index in [0.29, 0.717) is 0 Å². The molecule has 0 bridgehead atoms. The first kappa shape index (κ1) is 5.70. The fraction of sp³-hybridized carbons (Fsp3) is 1.00. The average Bonchev–Trinajstić information content (AvgIpc) is 0.811. The molecule has 0 amide bonds. The Morgan fingerprint density at radius 1 is 1.50 bits per heavy atom. The van der Waals surface area contributed by atoms with E-state index in [4.69, 9.17) is 0 Å². The Morgan fingerprint density at radius 3 is 1.50 bits per heavy atom. The molecule has 0 aromatic carbocycles. The van der Waals surface area contributed by atoms with Crippen LogP contribution in [0.3, 0.4) is 0 Å². The van der Waals surface area contributed by atoms with Gasteiger partial charge < -0.3 is 0 Å². The number of halogens is 2. The molecule has 0 fully saturated rings. The standard InChI is InChI=1S/CH3.Au.2BrH/h1H3;;2*1H/q;+2;;/p-2. The van der Waals surface area contributed by atoms with Crippen LogP contribution in [0.1, 0.15) is 0 Å². The molecule has 0 saturated carbocycles. The van der Waals surface area contributed by atoms with E-state index in [2.05, 4.69) is 31.2 Å². The van der Waals surface area contributed by atoms with Crippen LogP contribution in [0.15, 0.2) is 0 Å². The summed E-state index contributed by atoms with van der Waals surface area (Å²) in [5.41, 5.74) is 0. The van der Waals surface area contributed by atoms with Gasteiger partial charge in [0.1, 0.15) is 0 Å². The molecule has 0 aliphatic carbocycles. The molecule has 0 unspecified atom stereocenters. The molecule has 0 N–H and O–H groups in total. The van der Waals surface area contributed by atoms with Crippen LogP contribution in [0.4, 0.5) is 0 Å². The van der Waals surface area contributed by atoms with Crippen molar-refractivity contribution >= 4 is 26.0 Å². The van der Waals surface area contributed by atoms with E-state index in [0.717, 1.165) is 0 Å². The average molecular weight is 372 g/mol. The fourth-order valence-electron chi connectivity index (χ4n) is 0. The zero-order valence-electron chi connectivity index (χ0n) is 2.06. The SMILES string of the molecule is [CH3][Au]([Br])[Br]. The quantitative estimate of drug-likeness (QED) is 0.573. The third-order valence-corrected chi connectivity index (χ3v) is 0. The van der Waals surface area contributed by atoms with Crippen LogP contribution in [-0.4, -0.2) is 0 Å². The summed E-state index contributed by atoms with van der Waals surface area (Å²) >= 11 is 6.09. The number of hydrogen-bond donors (Lipinski definition) is 0. The molecule has 0 radical (unpaired) electrons. The van der Waals surface area contributed by atoms with Crippen LogP contribution in [0.5, 0.6) is 0 Å². The monoisotopic (exact) mass is 370 g/mol. The van der Waals surface area contributed by atoms with Crippen molar-refractivity contribution in [1.82, 2.24) is 0 Å². The van der Waals surface area contributed by atoms with Crippen molar-refractivity contribution in [2.45, 2.75) is 5.14 Å². The second kappa shape index (κ2) is 2.91. The van der Waals surface area contributed by atoms with E-state index in [1.165, 1.54) is 0 Å².